The molecule has 20 heavy (non-hydrogen) atoms. The Morgan fingerprint density at radius 1 is 1.45 bits per heavy atom. The molecule has 0 aliphatic carbocycles. The normalized spacial score (nSPS) is 15.3. The number of aliphatic carboxylic acids is 1. The number of fused-ring (bicyclic) bond motifs is 1. The molecule has 0 bridgehead atoms. The summed E-state index contributed by atoms with van der Waals surface area (Å²) in [6.45, 7) is 1.33. The minimum absolute atomic E-state index is 0.293. The van der Waals surface area contributed by atoms with Crippen LogP contribution in [0, 0.1) is 0 Å². The summed E-state index contributed by atoms with van der Waals surface area (Å²) in [5, 5.41) is 11.2. The molecule has 0 saturated carbocycles. The van der Waals surface area contributed by atoms with E-state index in [-0.39, 0.29) is 0 Å². The van der Waals surface area contributed by atoms with Crippen molar-refractivity contribution in [3.63, 3.8) is 0 Å². The first-order valence-corrected chi connectivity index (χ1v) is 6.04. The van der Waals surface area contributed by atoms with Crippen molar-refractivity contribution in [3.05, 3.63) is 18.2 Å². The molecule has 0 spiro atoms. The molecule has 0 fully saturated rings. The number of nitrogens with two attached hydrogens (primary N) is 1. The van der Waals surface area contributed by atoms with Crippen molar-refractivity contribution in [2.75, 3.05) is 6.54 Å². The van der Waals surface area contributed by atoms with Gasteiger partial charge in [0.15, 0.2) is 0 Å². The van der Waals surface area contributed by atoms with Crippen LogP contribution in [0.2, 0.25) is 0 Å². The quantitative estimate of drug-likeness (QED) is 0.634. The molecule has 1 unspecified atom stereocenters. The summed E-state index contributed by atoms with van der Waals surface area (Å²) in [6, 6.07) is -1.87. The van der Waals surface area contributed by atoms with Crippen LogP contribution in [0.15, 0.2) is 12.4 Å². The third kappa shape index (κ3) is 3.05. The summed E-state index contributed by atoms with van der Waals surface area (Å²) in [5.74, 6) is -1.35. The SMILES string of the molecule is NC(=O)CC(NC(=O)N1CCn2ccnc2C1)C(=O)O. The second-order valence-electron chi connectivity index (χ2n) is 4.47. The maximum atomic E-state index is 12.0. The van der Waals surface area contributed by atoms with Crippen LogP contribution in [-0.4, -0.2) is 50.1 Å². The van der Waals surface area contributed by atoms with Gasteiger partial charge in [-0.05, 0) is 0 Å². The highest BCUT2D eigenvalue weighted by Gasteiger charge is 2.27. The first kappa shape index (κ1) is 13.8. The molecule has 0 aromatic carbocycles. The Hall–Kier alpha value is -2.58. The Bertz CT molecular complexity index is 541. The Morgan fingerprint density at radius 3 is 2.85 bits per heavy atom. The Labute approximate surface area is 114 Å². The summed E-state index contributed by atoms with van der Waals surface area (Å²) in [5.41, 5.74) is 4.95. The number of carbonyl (C=O) groups excluding carboxylic acids is 2. The smallest absolute Gasteiger partial charge is 0.326 e. The standard InChI is InChI=1S/C11H15N5O4/c12-8(17)5-7(10(18)19)14-11(20)16-4-3-15-2-1-13-9(15)6-16/h1-2,7H,3-6H2,(H2,12,17)(H,14,20)(H,18,19). The lowest BCUT2D eigenvalue weighted by molar-refractivity contribution is -0.141. The maximum Gasteiger partial charge on any atom is 0.326 e. The summed E-state index contributed by atoms with van der Waals surface area (Å²) < 4.78 is 1.92. The molecular formula is C11H15N5O4. The lowest BCUT2D eigenvalue weighted by Gasteiger charge is -2.28. The molecule has 2 heterocycles. The van der Waals surface area contributed by atoms with Crippen molar-refractivity contribution in [2.24, 2.45) is 5.73 Å². The zero-order valence-corrected chi connectivity index (χ0v) is 10.7. The third-order valence-electron chi connectivity index (χ3n) is 3.03. The van der Waals surface area contributed by atoms with E-state index in [1.165, 1.54) is 4.90 Å². The molecule has 1 aliphatic rings. The van der Waals surface area contributed by atoms with Crippen LogP contribution in [0.1, 0.15) is 12.2 Å². The molecule has 9 heteroatoms. The van der Waals surface area contributed by atoms with Gasteiger partial charge in [-0.3, -0.25) is 4.79 Å². The second kappa shape index (κ2) is 5.59. The minimum atomic E-state index is -1.32. The van der Waals surface area contributed by atoms with Crippen LogP contribution in [0.3, 0.4) is 0 Å². The summed E-state index contributed by atoms with van der Waals surface area (Å²) >= 11 is 0. The zero-order chi connectivity index (χ0) is 14.7. The first-order valence-electron chi connectivity index (χ1n) is 6.04. The second-order valence-corrected chi connectivity index (χ2v) is 4.47. The number of carboxylic acid groups (broad SMARTS) is 1. The largest absolute Gasteiger partial charge is 0.480 e. The molecule has 108 valence electrons. The summed E-state index contributed by atoms with van der Waals surface area (Å²) in [7, 11) is 0. The third-order valence-corrected chi connectivity index (χ3v) is 3.03. The van der Waals surface area contributed by atoms with Crippen molar-refractivity contribution in [1.29, 1.82) is 0 Å². The van der Waals surface area contributed by atoms with E-state index in [0.29, 0.717) is 19.6 Å². The monoisotopic (exact) mass is 281 g/mol. The van der Waals surface area contributed by atoms with E-state index in [1.807, 2.05) is 10.8 Å². The summed E-state index contributed by atoms with van der Waals surface area (Å²) in [4.78, 5) is 39.3. The van der Waals surface area contributed by atoms with E-state index in [0.717, 1.165) is 5.82 Å². The van der Waals surface area contributed by atoms with Crippen LogP contribution in [0.25, 0.3) is 0 Å². The number of nitrogens with zero attached hydrogens (tertiary/aromatic N) is 3. The number of hydrogen-bond acceptors (Lipinski definition) is 4. The van der Waals surface area contributed by atoms with Gasteiger partial charge in [-0.15, -0.1) is 0 Å². The van der Waals surface area contributed by atoms with Crippen LogP contribution in [0.4, 0.5) is 4.79 Å². The lowest BCUT2D eigenvalue weighted by Crippen LogP contribution is -2.51. The van der Waals surface area contributed by atoms with Gasteiger partial charge in [-0.2, -0.15) is 0 Å². The number of amides is 3. The van der Waals surface area contributed by atoms with Crippen molar-refractivity contribution < 1.29 is 19.5 Å². The van der Waals surface area contributed by atoms with Gasteiger partial charge in [0.1, 0.15) is 11.9 Å². The molecule has 1 aromatic heterocycles. The number of imidazole rings is 1. The molecule has 9 nitrogen and oxygen atoms in total. The number of carbonyl (C=O) groups is 3. The van der Waals surface area contributed by atoms with Gasteiger partial charge in [-0.1, -0.05) is 0 Å². The predicted molar refractivity (Wildman–Crippen MR) is 66.4 cm³/mol. The average molecular weight is 281 g/mol. The maximum absolute atomic E-state index is 12.0. The van der Waals surface area contributed by atoms with E-state index in [4.69, 9.17) is 10.8 Å². The fourth-order valence-electron chi connectivity index (χ4n) is 1.99. The zero-order valence-electron chi connectivity index (χ0n) is 10.7. The predicted octanol–water partition coefficient (Wildman–Crippen LogP) is -1.26. The summed E-state index contributed by atoms with van der Waals surface area (Å²) in [6.07, 6.45) is 3.02. The number of rotatable bonds is 4. The number of aromatic nitrogens is 2. The molecule has 1 aliphatic heterocycles. The highest BCUT2D eigenvalue weighted by atomic mass is 16.4. The van der Waals surface area contributed by atoms with Gasteiger partial charge < -0.3 is 25.6 Å². The van der Waals surface area contributed by atoms with Crippen molar-refractivity contribution in [1.82, 2.24) is 19.8 Å². The average Bonchev–Trinajstić information content (AvgIpc) is 2.84. The van der Waals surface area contributed by atoms with Crippen LogP contribution < -0.4 is 11.1 Å². The van der Waals surface area contributed by atoms with Crippen molar-refractivity contribution in [3.8, 4) is 0 Å². The van der Waals surface area contributed by atoms with Crippen LogP contribution in [-0.2, 0) is 22.7 Å². The molecule has 4 N–H and O–H groups in total. The highest BCUT2D eigenvalue weighted by Crippen LogP contribution is 2.10. The van der Waals surface area contributed by atoms with E-state index >= 15 is 0 Å². The molecule has 3 amide bonds. The number of carboxylic acids is 1. The molecular weight excluding hydrogens is 266 g/mol. The molecule has 0 saturated heterocycles. The van der Waals surface area contributed by atoms with Gasteiger partial charge in [-0.25, -0.2) is 14.6 Å². The molecule has 1 atom stereocenters. The van der Waals surface area contributed by atoms with Crippen LogP contribution in [0.5, 0.6) is 0 Å². The van der Waals surface area contributed by atoms with E-state index in [2.05, 4.69) is 10.3 Å². The van der Waals surface area contributed by atoms with E-state index < -0.39 is 30.4 Å². The van der Waals surface area contributed by atoms with Gasteiger partial charge in [0.25, 0.3) is 0 Å². The van der Waals surface area contributed by atoms with Gasteiger partial charge >= 0.3 is 12.0 Å². The number of urea groups is 1. The lowest BCUT2D eigenvalue weighted by atomic mass is 10.2. The van der Waals surface area contributed by atoms with Crippen LogP contribution >= 0.6 is 0 Å². The van der Waals surface area contributed by atoms with Gasteiger partial charge in [0.2, 0.25) is 5.91 Å². The minimum Gasteiger partial charge on any atom is -0.480 e. The van der Waals surface area contributed by atoms with E-state index in [1.54, 1.807) is 6.20 Å². The van der Waals surface area contributed by atoms with Crippen molar-refractivity contribution in [2.45, 2.75) is 25.6 Å². The topological polar surface area (TPSA) is 131 Å². The fraction of sp³-hybridized carbons (Fsp3) is 0.455. The Morgan fingerprint density at radius 2 is 2.20 bits per heavy atom. The van der Waals surface area contributed by atoms with E-state index in [9.17, 15) is 14.4 Å². The number of hydrogen-bond donors (Lipinski definition) is 3. The highest BCUT2D eigenvalue weighted by molar-refractivity contribution is 5.87. The van der Waals surface area contributed by atoms with Gasteiger partial charge in [0.05, 0.1) is 13.0 Å². The first-order chi connectivity index (χ1) is 9.47. The molecule has 2 rings (SSSR count). The Kier molecular flexibility index (Phi) is 3.87. The fourth-order valence-corrected chi connectivity index (χ4v) is 1.99. The molecule has 1 aromatic rings. The Balaban J connectivity index is 1.98. The van der Waals surface area contributed by atoms with Crippen molar-refractivity contribution >= 4 is 17.9 Å². The molecule has 0 radical (unpaired) electrons. The van der Waals surface area contributed by atoms with Gasteiger partial charge in [0, 0.05) is 25.5 Å². The number of primary amides is 1. The number of nitrogens with one attached hydrogen (secondary N) is 1.